The number of unbranched alkanes of at least 4 members (excludes halogenated alkanes) is 2. The monoisotopic (exact) mass is 302 g/mol. The summed E-state index contributed by atoms with van der Waals surface area (Å²) in [5, 5.41) is 8.87. The van der Waals surface area contributed by atoms with E-state index < -0.39 is 12.3 Å². The van der Waals surface area contributed by atoms with Gasteiger partial charge in [0, 0.05) is 13.2 Å². The van der Waals surface area contributed by atoms with Crippen LogP contribution in [0.15, 0.2) is 0 Å². The lowest BCUT2D eigenvalue weighted by atomic mass is 10.1. The van der Waals surface area contributed by atoms with Gasteiger partial charge in [-0.15, -0.1) is 0 Å². The van der Waals surface area contributed by atoms with Crippen LogP contribution in [-0.4, -0.2) is 30.6 Å². The van der Waals surface area contributed by atoms with Gasteiger partial charge in [-0.05, 0) is 24.7 Å². The predicted molar refractivity (Wildman–Crippen MR) is 85.3 cm³/mol. The maximum Gasteiger partial charge on any atom is 0.308 e. The Balaban J connectivity index is 3.74. The van der Waals surface area contributed by atoms with Crippen molar-refractivity contribution in [2.24, 2.45) is 11.8 Å². The summed E-state index contributed by atoms with van der Waals surface area (Å²) in [4.78, 5) is 10.8. The van der Waals surface area contributed by atoms with Crippen molar-refractivity contribution in [2.75, 3.05) is 13.2 Å². The highest BCUT2D eigenvalue weighted by molar-refractivity contribution is 5.67. The van der Waals surface area contributed by atoms with Crippen molar-refractivity contribution in [2.45, 2.75) is 78.9 Å². The minimum atomic E-state index is -0.871. The number of carbonyl (C=O) groups is 1. The molecule has 126 valence electrons. The molecule has 0 amide bonds. The number of ether oxygens (including phenoxy) is 2. The summed E-state index contributed by atoms with van der Waals surface area (Å²) < 4.78 is 11.1. The van der Waals surface area contributed by atoms with Gasteiger partial charge in [-0.1, -0.05) is 53.4 Å². The molecule has 4 nitrogen and oxygen atoms in total. The Labute approximate surface area is 130 Å². The van der Waals surface area contributed by atoms with Gasteiger partial charge in [-0.2, -0.15) is 0 Å². The van der Waals surface area contributed by atoms with Crippen LogP contribution in [0, 0.1) is 11.8 Å². The third-order valence-electron chi connectivity index (χ3n) is 3.30. The molecule has 0 spiro atoms. The molecular weight excluding hydrogens is 268 g/mol. The topological polar surface area (TPSA) is 55.8 Å². The molecule has 0 aliphatic rings. The van der Waals surface area contributed by atoms with Crippen molar-refractivity contribution in [1.29, 1.82) is 0 Å². The zero-order valence-electron chi connectivity index (χ0n) is 14.3. The Hall–Kier alpha value is -0.610. The average Bonchev–Trinajstić information content (AvgIpc) is 2.36. The van der Waals surface area contributed by atoms with Gasteiger partial charge < -0.3 is 14.6 Å². The van der Waals surface area contributed by atoms with Crippen LogP contribution in [0.1, 0.15) is 72.6 Å². The van der Waals surface area contributed by atoms with Gasteiger partial charge >= 0.3 is 5.97 Å². The summed E-state index contributed by atoms with van der Waals surface area (Å²) in [7, 11) is 0. The first kappa shape index (κ1) is 20.4. The van der Waals surface area contributed by atoms with Crippen molar-refractivity contribution in [3.63, 3.8) is 0 Å². The fraction of sp³-hybridized carbons (Fsp3) is 0.941. The second-order valence-corrected chi connectivity index (χ2v) is 6.55. The molecule has 0 aromatic heterocycles. The number of aliphatic carboxylic acids is 1. The molecule has 0 aliphatic carbocycles. The number of hydrogen-bond acceptors (Lipinski definition) is 3. The number of rotatable bonds is 14. The predicted octanol–water partition coefficient (Wildman–Crippen LogP) is 4.47. The molecule has 0 heterocycles. The summed E-state index contributed by atoms with van der Waals surface area (Å²) in [6.45, 7) is 9.97. The molecule has 0 aromatic carbocycles. The second kappa shape index (κ2) is 13.1. The molecule has 0 bridgehead atoms. The molecule has 21 heavy (non-hydrogen) atoms. The smallest absolute Gasteiger partial charge is 0.308 e. The van der Waals surface area contributed by atoms with Crippen molar-refractivity contribution >= 4 is 5.97 Å². The van der Waals surface area contributed by atoms with E-state index in [1.54, 1.807) is 0 Å². The van der Waals surface area contributed by atoms with Crippen LogP contribution in [0.5, 0.6) is 0 Å². The second-order valence-electron chi connectivity index (χ2n) is 6.55. The van der Waals surface area contributed by atoms with Crippen LogP contribution < -0.4 is 0 Å². The summed E-state index contributed by atoms with van der Waals surface area (Å²) in [6.07, 6.45) is 5.86. The van der Waals surface area contributed by atoms with Gasteiger partial charge in [-0.25, -0.2) is 0 Å². The molecular formula is C17H34O4. The lowest BCUT2D eigenvalue weighted by molar-refractivity contribution is -0.167. The minimum Gasteiger partial charge on any atom is -0.481 e. The highest BCUT2D eigenvalue weighted by Gasteiger charge is 2.14. The standard InChI is InChI=1S/C17H34O4/c1-14(2)9-5-7-11-20-17(13-16(18)19)21-12-8-6-10-15(3)4/h14-15,17H,5-13H2,1-4H3,(H,18,19). The van der Waals surface area contributed by atoms with E-state index in [0.717, 1.165) is 25.7 Å². The highest BCUT2D eigenvalue weighted by atomic mass is 16.7. The molecule has 0 unspecified atom stereocenters. The average molecular weight is 302 g/mol. The summed E-state index contributed by atoms with van der Waals surface area (Å²) >= 11 is 0. The van der Waals surface area contributed by atoms with Crippen LogP contribution >= 0.6 is 0 Å². The van der Waals surface area contributed by atoms with Crippen LogP contribution in [0.4, 0.5) is 0 Å². The van der Waals surface area contributed by atoms with Gasteiger partial charge in [0.15, 0.2) is 6.29 Å². The lowest BCUT2D eigenvalue weighted by Gasteiger charge is -2.17. The number of hydrogen-bond donors (Lipinski definition) is 1. The van der Waals surface area contributed by atoms with Crippen molar-refractivity contribution in [3.05, 3.63) is 0 Å². The van der Waals surface area contributed by atoms with Gasteiger partial charge in [0.2, 0.25) is 0 Å². The Bertz CT molecular complexity index is 233. The Morgan fingerprint density at radius 2 is 1.29 bits per heavy atom. The van der Waals surface area contributed by atoms with Crippen LogP contribution in [0.3, 0.4) is 0 Å². The van der Waals surface area contributed by atoms with Gasteiger partial charge in [-0.3, -0.25) is 4.79 Å². The Morgan fingerprint density at radius 3 is 1.62 bits per heavy atom. The Kier molecular flexibility index (Phi) is 12.7. The quantitative estimate of drug-likeness (QED) is 0.380. The van der Waals surface area contributed by atoms with E-state index in [4.69, 9.17) is 14.6 Å². The minimum absolute atomic E-state index is 0.0750. The highest BCUT2D eigenvalue weighted by Crippen LogP contribution is 2.10. The largest absolute Gasteiger partial charge is 0.481 e. The first-order valence-electron chi connectivity index (χ1n) is 8.36. The summed E-state index contributed by atoms with van der Waals surface area (Å²) in [5.41, 5.74) is 0. The zero-order chi connectivity index (χ0) is 16.1. The maximum absolute atomic E-state index is 10.8. The molecule has 1 N–H and O–H groups in total. The van der Waals surface area contributed by atoms with E-state index in [1.807, 2.05) is 0 Å². The molecule has 0 radical (unpaired) electrons. The van der Waals surface area contributed by atoms with Crippen LogP contribution in [0.25, 0.3) is 0 Å². The van der Waals surface area contributed by atoms with Gasteiger partial charge in [0.05, 0.1) is 6.42 Å². The molecule has 0 aromatic rings. The first-order chi connectivity index (χ1) is 9.91. The van der Waals surface area contributed by atoms with Crippen molar-refractivity contribution in [1.82, 2.24) is 0 Å². The molecule has 4 heteroatoms. The molecule has 0 fully saturated rings. The fourth-order valence-corrected chi connectivity index (χ4v) is 2.05. The Morgan fingerprint density at radius 1 is 0.857 bits per heavy atom. The lowest BCUT2D eigenvalue weighted by Crippen LogP contribution is -2.22. The van der Waals surface area contributed by atoms with E-state index in [0.29, 0.717) is 25.0 Å². The first-order valence-corrected chi connectivity index (χ1v) is 8.36. The fourth-order valence-electron chi connectivity index (χ4n) is 2.05. The number of carboxylic acids is 1. The molecule has 0 saturated heterocycles. The molecule has 0 rings (SSSR count). The maximum atomic E-state index is 10.8. The third-order valence-corrected chi connectivity index (χ3v) is 3.30. The zero-order valence-corrected chi connectivity index (χ0v) is 14.3. The molecule has 0 saturated carbocycles. The third kappa shape index (κ3) is 15.6. The van der Waals surface area contributed by atoms with E-state index in [2.05, 4.69) is 27.7 Å². The van der Waals surface area contributed by atoms with E-state index in [9.17, 15) is 4.79 Å². The van der Waals surface area contributed by atoms with Crippen molar-refractivity contribution < 1.29 is 19.4 Å². The van der Waals surface area contributed by atoms with Crippen molar-refractivity contribution in [3.8, 4) is 0 Å². The van der Waals surface area contributed by atoms with Gasteiger partial charge in [0.25, 0.3) is 0 Å². The number of carboxylic acid groups (broad SMARTS) is 1. The van der Waals surface area contributed by atoms with Gasteiger partial charge in [0.1, 0.15) is 0 Å². The SMILES string of the molecule is CC(C)CCCCOC(CC(=O)O)OCCCCC(C)C. The normalized spacial score (nSPS) is 11.8. The summed E-state index contributed by atoms with van der Waals surface area (Å²) in [5.74, 6) is 0.540. The van der Waals surface area contributed by atoms with Crippen LogP contribution in [-0.2, 0) is 14.3 Å². The van der Waals surface area contributed by atoms with E-state index >= 15 is 0 Å². The molecule has 0 aliphatic heterocycles. The van der Waals surface area contributed by atoms with E-state index in [1.165, 1.54) is 12.8 Å². The molecule has 0 atom stereocenters. The van der Waals surface area contributed by atoms with E-state index in [-0.39, 0.29) is 6.42 Å². The summed E-state index contributed by atoms with van der Waals surface area (Å²) in [6, 6.07) is 0. The van der Waals surface area contributed by atoms with Crippen LogP contribution in [0.2, 0.25) is 0 Å².